The molecule has 4 nitrogen and oxygen atoms in total. The van der Waals surface area contributed by atoms with Crippen molar-refractivity contribution in [1.82, 2.24) is 0 Å². The number of aliphatic carboxylic acids is 1. The molecule has 0 heterocycles. The predicted molar refractivity (Wildman–Crippen MR) is 67.5 cm³/mol. The zero-order valence-electron chi connectivity index (χ0n) is 10.4. The lowest BCUT2D eigenvalue weighted by atomic mass is 9.64. The van der Waals surface area contributed by atoms with Gasteiger partial charge in [-0.3, -0.25) is 4.79 Å². The van der Waals surface area contributed by atoms with E-state index in [1.807, 2.05) is 0 Å². The van der Waals surface area contributed by atoms with E-state index in [1.54, 1.807) is 19.1 Å². The molecule has 1 aliphatic carbocycles. The number of aryl methyl sites for hydroxylation is 1. The molecule has 1 aromatic rings. The summed E-state index contributed by atoms with van der Waals surface area (Å²) < 4.78 is 23.3. The van der Waals surface area contributed by atoms with E-state index in [-0.39, 0.29) is 4.90 Å². The number of benzene rings is 1. The second-order valence-electron chi connectivity index (χ2n) is 4.99. The van der Waals surface area contributed by atoms with E-state index in [0.717, 1.165) is 12.7 Å². The Morgan fingerprint density at radius 3 is 2.33 bits per heavy atom. The molecule has 0 radical (unpaired) electrons. The van der Waals surface area contributed by atoms with Gasteiger partial charge in [-0.25, -0.2) is 8.42 Å². The Bertz CT molecular complexity index is 597. The molecule has 0 unspecified atom stereocenters. The van der Waals surface area contributed by atoms with E-state index in [4.69, 9.17) is 0 Å². The van der Waals surface area contributed by atoms with Gasteiger partial charge in [0.15, 0.2) is 9.84 Å². The molecular weight excluding hydrogens is 252 g/mol. The van der Waals surface area contributed by atoms with E-state index in [1.165, 1.54) is 6.07 Å². The Kier molecular flexibility index (Phi) is 2.97. The van der Waals surface area contributed by atoms with Crippen molar-refractivity contribution in [2.24, 2.45) is 0 Å². The standard InChI is InChI=1S/C13H16O4S/c1-9-4-5-10(8-11(9)18(2,16)17)13(12(14)15)6-3-7-13/h4-5,8H,3,6-7H2,1-2H3,(H,14,15). The van der Waals surface area contributed by atoms with Gasteiger partial charge in [-0.05, 0) is 37.0 Å². The maximum atomic E-state index is 11.7. The Morgan fingerprint density at radius 2 is 1.94 bits per heavy atom. The molecule has 1 aliphatic rings. The first kappa shape index (κ1) is 13.1. The van der Waals surface area contributed by atoms with Crippen LogP contribution in [0.5, 0.6) is 0 Å². The van der Waals surface area contributed by atoms with Crippen molar-refractivity contribution in [3.05, 3.63) is 29.3 Å². The molecule has 0 atom stereocenters. The first-order valence-electron chi connectivity index (χ1n) is 5.82. The van der Waals surface area contributed by atoms with Crippen LogP contribution in [0.15, 0.2) is 23.1 Å². The molecule has 5 heteroatoms. The molecule has 1 saturated carbocycles. The van der Waals surface area contributed by atoms with Crippen molar-refractivity contribution in [2.75, 3.05) is 6.26 Å². The van der Waals surface area contributed by atoms with Crippen molar-refractivity contribution in [2.45, 2.75) is 36.5 Å². The van der Waals surface area contributed by atoms with Gasteiger partial charge in [-0.15, -0.1) is 0 Å². The summed E-state index contributed by atoms with van der Waals surface area (Å²) in [4.78, 5) is 11.6. The first-order chi connectivity index (χ1) is 8.27. The molecule has 0 amide bonds. The smallest absolute Gasteiger partial charge is 0.314 e. The number of rotatable bonds is 3. The predicted octanol–water partition coefficient (Wildman–Crippen LogP) is 1.90. The maximum absolute atomic E-state index is 11.7. The fraction of sp³-hybridized carbons (Fsp3) is 0.462. The highest BCUT2D eigenvalue weighted by atomic mass is 32.2. The van der Waals surface area contributed by atoms with Gasteiger partial charge < -0.3 is 5.11 Å². The van der Waals surface area contributed by atoms with Crippen LogP contribution in [0.3, 0.4) is 0 Å². The second-order valence-corrected chi connectivity index (χ2v) is 6.98. The fourth-order valence-electron chi connectivity index (χ4n) is 2.45. The Morgan fingerprint density at radius 1 is 1.33 bits per heavy atom. The monoisotopic (exact) mass is 268 g/mol. The van der Waals surface area contributed by atoms with E-state index in [2.05, 4.69) is 0 Å². The van der Waals surface area contributed by atoms with Crippen LogP contribution in [0.4, 0.5) is 0 Å². The van der Waals surface area contributed by atoms with Crippen LogP contribution in [-0.4, -0.2) is 25.7 Å². The maximum Gasteiger partial charge on any atom is 0.314 e. The molecule has 1 fully saturated rings. The lowest BCUT2D eigenvalue weighted by molar-refractivity contribution is -0.147. The summed E-state index contributed by atoms with van der Waals surface area (Å²) in [6, 6.07) is 4.95. The topological polar surface area (TPSA) is 71.4 Å². The molecule has 0 aliphatic heterocycles. The normalized spacial score (nSPS) is 18.1. The number of hydrogen-bond acceptors (Lipinski definition) is 3. The van der Waals surface area contributed by atoms with Gasteiger partial charge in [0.2, 0.25) is 0 Å². The number of carboxylic acid groups (broad SMARTS) is 1. The van der Waals surface area contributed by atoms with Gasteiger partial charge in [-0.1, -0.05) is 18.6 Å². The van der Waals surface area contributed by atoms with Crippen molar-refractivity contribution in [3.8, 4) is 0 Å². The minimum Gasteiger partial charge on any atom is -0.481 e. The number of carboxylic acids is 1. The lowest BCUT2D eigenvalue weighted by Crippen LogP contribution is -2.42. The van der Waals surface area contributed by atoms with Gasteiger partial charge in [0.25, 0.3) is 0 Å². The van der Waals surface area contributed by atoms with Crippen LogP contribution in [0, 0.1) is 6.92 Å². The van der Waals surface area contributed by atoms with Crippen LogP contribution in [0.2, 0.25) is 0 Å². The van der Waals surface area contributed by atoms with Gasteiger partial charge in [0.1, 0.15) is 0 Å². The highest BCUT2D eigenvalue weighted by molar-refractivity contribution is 7.90. The molecule has 0 saturated heterocycles. The first-order valence-corrected chi connectivity index (χ1v) is 7.71. The zero-order chi connectivity index (χ0) is 13.6. The van der Waals surface area contributed by atoms with E-state index < -0.39 is 21.2 Å². The minimum atomic E-state index is -3.32. The quantitative estimate of drug-likeness (QED) is 0.909. The van der Waals surface area contributed by atoms with Crippen LogP contribution < -0.4 is 0 Å². The molecule has 18 heavy (non-hydrogen) atoms. The van der Waals surface area contributed by atoms with Gasteiger partial charge >= 0.3 is 5.97 Å². The molecule has 1 N–H and O–H groups in total. The summed E-state index contributed by atoms with van der Waals surface area (Å²) >= 11 is 0. The van der Waals surface area contributed by atoms with Crippen molar-refractivity contribution < 1.29 is 18.3 Å². The highest BCUT2D eigenvalue weighted by Crippen LogP contribution is 2.44. The molecular formula is C13H16O4S. The lowest BCUT2D eigenvalue weighted by Gasteiger charge is -2.38. The number of carbonyl (C=O) groups is 1. The molecule has 0 bridgehead atoms. The average Bonchev–Trinajstić information content (AvgIpc) is 2.16. The van der Waals surface area contributed by atoms with Crippen LogP contribution in [0.25, 0.3) is 0 Å². The zero-order valence-corrected chi connectivity index (χ0v) is 11.3. The summed E-state index contributed by atoms with van der Waals surface area (Å²) in [5, 5.41) is 9.35. The third-order valence-corrected chi connectivity index (χ3v) is 5.00. The minimum absolute atomic E-state index is 0.229. The molecule has 0 spiro atoms. The third kappa shape index (κ3) is 1.92. The molecule has 0 aromatic heterocycles. The Hall–Kier alpha value is -1.36. The molecule has 98 valence electrons. The Labute approximate surface area is 107 Å². The molecule has 1 aromatic carbocycles. The summed E-state index contributed by atoms with van der Waals surface area (Å²) in [5.74, 6) is -0.864. The average molecular weight is 268 g/mol. The van der Waals surface area contributed by atoms with Crippen molar-refractivity contribution in [3.63, 3.8) is 0 Å². The van der Waals surface area contributed by atoms with Crippen molar-refractivity contribution in [1.29, 1.82) is 0 Å². The fourth-order valence-corrected chi connectivity index (χ4v) is 3.45. The summed E-state index contributed by atoms with van der Waals surface area (Å²) in [6.45, 7) is 1.72. The highest BCUT2D eigenvalue weighted by Gasteiger charge is 2.46. The Balaban J connectivity index is 2.58. The van der Waals surface area contributed by atoms with Gasteiger partial charge in [-0.2, -0.15) is 0 Å². The van der Waals surface area contributed by atoms with E-state index in [0.29, 0.717) is 24.0 Å². The van der Waals surface area contributed by atoms with Gasteiger partial charge in [0.05, 0.1) is 10.3 Å². The summed E-state index contributed by atoms with van der Waals surface area (Å²) in [6.07, 6.45) is 3.17. The second kappa shape index (κ2) is 4.09. The number of sulfone groups is 1. The third-order valence-electron chi connectivity index (χ3n) is 3.76. The van der Waals surface area contributed by atoms with E-state index >= 15 is 0 Å². The number of hydrogen-bond donors (Lipinski definition) is 1. The van der Waals surface area contributed by atoms with Crippen molar-refractivity contribution >= 4 is 15.8 Å². The SMILES string of the molecule is Cc1ccc(C2(C(=O)O)CCC2)cc1S(C)(=O)=O. The summed E-state index contributed by atoms with van der Waals surface area (Å²) in [5.41, 5.74) is 0.376. The molecule has 2 rings (SSSR count). The van der Waals surface area contributed by atoms with Crippen LogP contribution >= 0.6 is 0 Å². The van der Waals surface area contributed by atoms with Gasteiger partial charge in [0, 0.05) is 6.26 Å². The van der Waals surface area contributed by atoms with Crippen LogP contribution in [0.1, 0.15) is 30.4 Å². The largest absolute Gasteiger partial charge is 0.481 e. The van der Waals surface area contributed by atoms with Crippen LogP contribution in [-0.2, 0) is 20.0 Å². The summed E-state index contributed by atoms with van der Waals surface area (Å²) in [7, 11) is -3.32. The van der Waals surface area contributed by atoms with E-state index in [9.17, 15) is 18.3 Å².